The smallest absolute Gasteiger partial charge is 0.449 e. The highest BCUT2D eigenvalue weighted by Crippen LogP contribution is 2.30. The minimum Gasteiger partial charge on any atom is -0.449 e. The van der Waals surface area contributed by atoms with Gasteiger partial charge in [-0.2, -0.15) is 0 Å². The lowest BCUT2D eigenvalue weighted by Crippen LogP contribution is -2.34. The molecule has 1 fully saturated rings. The van der Waals surface area contributed by atoms with E-state index < -0.39 is 24.9 Å². The Bertz CT molecular complexity index is 1210. The van der Waals surface area contributed by atoms with Gasteiger partial charge in [-0.3, -0.25) is 10.1 Å². The molecule has 1 heterocycles. The number of aryl methyl sites for hydroxylation is 1. The summed E-state index contributed by atoms with van der Waals surface area (Å²) in [7, 11) is 0.0775. The van der Waals surface area contributed by atoms with E-state index in [0.29, 0.717) is 35.4 Å². The molecule has 2 aromatic rings. The van der Waals surface area contributed by atoms with Crippen LogP contribution in [0.3, 0.4) is 0 Å². The van der Waals surface area contributed by atoms with Crippen LogP contribution in [0.4, 0.5) is 21.0 Å². The average molecular weight is 539 g/mol. The summed E-state index contributed by atoms with van der Waals surface area (Å²) < 4.78 is 10.9. The molecule has 3 rings (SSSR count). The van der Waals surface area contributed by atoms with Crippen LogP contribution in [0.1, 0.15) is 63.1 Å². The van der Waals surface area contributed by atoms with Gasteiger partial charge in [0.05, 0.1) is 13.2 Å². The third kappa shape index (κ3) is 8.21. The number of carbonyl (C=O) groups is 3. The van der Waals surface area contributed by atoms with Crippen LogP contribution in [-0.2, 0) is 20.8 Å². The molecule has 0 aromatic heterocycles. The summed E-state index contributed by atoms with van der Waals surface area (Å²) in [6.07, 6.45) is 0.0883. The summed E-state index contributed by atoms with van der Waals surface area (Å²) in [4.78, 5) is 40.8. The predicted octanol–water partition coefficient (Wildman–Crippen LogP) is 3.52. The van der Waals surface area contributed by atoms with E-state index in [1.165, 1.54) is 4.90 Å². The lowest BCUT2D eigenvalue weighted by atomic mass is 9.78. The van der Waals surface area contributed by atoms with Gasteiger partial charge in [0.15, 0.2) is 0 Å². The Labute approximate surface area is 230 Å². The van der Waals surface area contributed by atoms with Crippen molar-refractivity contribution in [2.24, 2.45) is 0 Å². The van der Waals surface area contributed by atoms with Crippen LogP contribution in [0, 0.1) is 6.92 Å². The summed E-state index contributed by atoms with van der Waals surface area (Å²) in [5.74, 6) is -0.107. The molecule has 3 amide bonds. The van der Waals surface area contributed by atoms with E-state index in [4.69, 9.17) is 9.47 Å². The summed E-state index contributed by atoms with van der Waals surface area (Å²) in [6, 6.07) is 10.3. The van der Waals surface area contributed by atoms with Crippen molar-refractivity contribution in [3.63, 3.8) is 0 Å². The van der Waals surface area contributed by atoms with Gasteiger partial charge in [-0.1, -0.05) is 25.1 Å². The van der Waals surface area contributed by atoms with Crippen LogP contribution in [0.25, 0.3) is 0 Å². The number of benzene rings is 2. The predicted molar refractivity (Wildman–Crippen MR) is 150 cm³/mol. The molecule has 0 radical (unpaired) electrons. The van der Waals surface area contributed by atoms with Crippen LogP contribution in [0.5, 0.6) is 0 Å². The fourth-order valence-electron chi connectivity index (χ4n) is 4.47. The van der Waals surface area contributed by atoms with Crippen molar-refractivity contribution in [3.05, 3.63) is 53.1 Å². The Morgan fingerprint density at radius 2 is 1.90 bits per heavy atom. The van der Waals surface area contributed by atoms with Crippen molar-refractivity contribution < 1.29 is 33.9 Å². The van der Waals surface area contributed by atoms with Crippen molar-refractivity contribution in [1.82, 2.24) is 4.90 Å². The zero-order chi connectivity index (χ0) is 28.9. The first-order valence-corrected chi connectivity index (χ1v) is 13.0. The molecule has 210 valence electrons. The Kier molecular flexibility index (Phi) is 9.63. The molecule has 10 nitrogen and oxygen atoms in total. The molecule has 2 aromatic carbocycles. The first-order valence-electron chi connectivity index (χ1n) is 13.0. The van der Waals surface area contributed by atoms with Crippen LogP contribution in [-0.4, -0.2) is 66.0 Å². The number of hydrogen-bond acceptors (Lipinski definition) is 7. The first-order chi connectivity index (χ1) is 18.2. The SMILES string of the molecule is Cc1cc(B(O)O)ccc1[C@@H](C)COC(=O)Nc1ccc(N2CCCC2=O)c(CN(C)C(=O)OC(C)(C)C)c1. The van der Waals surface area contributed by atoms with Gasteiger partial charge in [0, 0.05) is 37.3 Å². The Hall–Kier alpha value is -3.57. The van der Waals surface area contributed by atoms with Crippen molar-refractivity contribution in [2.45, 2.75) is 65.5 Å². The van der Waals surface area contributed by atoms with Crippen molar-refractivity contribution in [2.75, 3.05) is 30.4 Å². The molecule has 1 aliphatic rings. The highest BCUT2D eigenvalue weighted by molar-refractivity contribution is 6.58. The summed E-state index contributed by atoms with van der Waals surface area (Å²) >= 11 is 0. The maximum atomic E-state index is 12.6. The van der Waals surface area contributed by atoms with Gasteiger partial charge in [-0.15, -0.1) is 0 Å². The highest BCUT2D eigenvalue weighted by atomic mass is 16.6. The largest absolute Gasteiger partial charge is 0.488 e. The third-order valence-electron chi connectivity index (χ3n) is 6.39. The van der Waals surface area contributed by atoms with Crippen LogP contribution >= 0.6 is 0 Å². The van der Waals surface area contributed by atoms with Gasteiger partial charge in [0.1, 0.15) is 5.60 Å². The van der Waals surface area contributed by atoms with Gasteiger partial charge in [-0.25, -0.2) is 9.59 Å². The van der Waals surface area contributed by atoms with Crippen LogP contribution in [0.15, 0.2) is 36.4 Å². The van der Waals surface area contributed by atoms with E-state index in [1.807, 2.05) is 13.8 Å². The Balaban J connectivity index is 1.71. The number of nitrogens with one attached hydrogen (secondary N) is 1. The minimum atomic E-state index is -1.54. The molecule has 1 saturated heterocycles. The molecule has 0 spiro atoms. The topological polar surface area (TPSA) is 129 Å². The quantitative estimate of drug-likeness (QED) is 0.438. The van der Waals surface area contributed by atoms with E-state index >= 15 is 0 Å². The fraction of sp³-hybridized carbons (Fsp3) is 0.464. The number of hydrogen-bond donors (Lipinski definition) is 3. The van der Waals surface area contributed by atoms with Crippen molar-refractivity contribution >= 4 is 42.0 Å². The number of anilines is 2. The average Bonchev–Trinajstić information content (AvgIpc) is 3.27. The number of nitrogens with zero attached hydrogens (tertiary/aromatic N) is 2. The molecule has 1 aliphatic heterocycles. The Morgan fingerprint density at radius 1 is 1.18 bits per heavy atom. The normalized spacial score (nSPS) is 14.2. The van der Waals surface area contributed by atoms with E-state index in [1.54, 1.807) is 69.1 Å². The van der Waals surface area contributed by atoms with Gasteiger partial charge >= 0.3 is 19.3 Å². The number of ether oxygens (including phenoxy) is 2. The van der Waals surface area contributed by atoms with Crippen LogP contribution < -0.4 is 15.7 Å². The zero-order valence-electron chi connectivity index (χ0n) is 23.5. The van der Waals surface area contributed by atoms with Crippen molar-refractivity contribution in [3.8, 4) is 0 Å². The van der Waals surface area contributed by atoms with Gasteiger partial charge in [0.2, 0.25) is 5.91 Å². The molecule has 1 atom stereocenters. The maximum absolute atomic E-state index is 12.6. The second-order valence-corrected chi connectivity index (χ2v) is 10.9. The van der Waals surface area contributed by atoms with Crippen molar-refractivity contribution in [1.29, 1.82) is 0 Å². The molecule has 3 N–H and O–H groups in total. The minimum absolute atomic E-state index is 0.0158. The molecule has 0 aliphatic carbocycles. The summed E-state index contributed by atoms with van der Waals surface area (Å²) in [5.41, 5.74) is 3.38. The second kappa shape index (κ2) is 12.5. The molecular formula is C28H38BN3O7. The van der Waals surface area contributed by atoms with E-state index in [0.717, 1.165) is 17.5 Å². The molecule has 0 bridgehead atoms. The van der Waals surface area contributed by atoms with Crippen LogP contribution in [0.2, 0.25) is 0 Å². The number of rotatable bonds is 8. The monoisotopic (exact) mass is 539 g/mol. The number of amides is 3. The van der Waals surface area contributed by atoms with E-state index in [2.05, 4.69) is 5.32 Å². The lowest BCUT2D eigenvalue weighted by Gasteiger charge is -2.27. The molecule has 0 unspecified atom stereocenters. The van der Waals surface area contributed by atoms with E-state index in [-0.39, 0.29) is 25.0 Å². The molecule has 11 heteroatoms. The fourth-order valence-corrected chi connectivity index (χ4v) is 4.47. The summed E-state index contributed by atoms with van der Waals surface area (Å²) in [6.45, 7) is 10.0. The lowest BCUT2D eigenvalue weighted by molar-refractivity contribution is -0.117. The zero-order valence-corrected chi connectivity index (χ0v) is 23.5. The maximum Gasteiger partial charge on any atom is 0.488 e. The molecular weight excluding hydrogens is 501 g/mol. The standard InChI is InChI=1S/C28H38BN3O7/c1-18-14-21(29(36)37)9-11-23(18)19(2)17-38-26(34)30-22-10-12-24(32-13-7-8-25(32)33)20(15-22)16-31(6)27(35)39-28(3,4)5/h9-12,14-15,19,36-37H,7-8,13,16-17H2,1-6H3,(H,30,34)/t19-/m0/s1. The van der Waals surface area contributed by atoms with Gasteiger partial charge < -0.3 is 29.3 Å². The number of carbonyl (C=O) groups excluding carboxylic acids is 3. The molecule has 0 saturated carbocycles. The second-order valence-electron chi connectivity index (χ2n) is 10.9. The first kappa shape index (κ1) is 30.0. The third-order valence-corrected chi connectivity index (χ3v) is 6.39. The van der Waals surface area contributed by atoms with Gasteiger partial charge in [0.25, 0.3) is 0 Å². The Morgan fingerprint density at radius 3 is 2.49 bits per heavy atom. The van der Waals surface area contributed by atoms with E-state index in [9.17, 15) is 24.4 Å². The highest BCUT2D eigenvalue weighted by Gasteiger charge is 2.26. The summed E-state index contributed by atoms with van der Waals surface area (Å²) in [5, 5.41) is 21.4. The van der Waals surface area contributed by atoms with Gasteiger partial charge in [-0.05, 0) is 74.5 Å². The molecule has 39 heavy (non-hydrogen) atoms.